The average molecular weight is 398 g/mol. The number of imide groups is 1. The minimum atomic E-state index is -0.596. The molecule has 0 unspecified atom stereocenters. The molecule has 1 aromatic carbocycles. The molecule has 4 atom stereocenters. The lowest BCUT2D eigenvalue weighted by molar-refractivity contribution is -0.149. The molecule has 7 nitrogen and oxygen atoms in total. The first kappa shape index (κ1) is 19.6. The Morgan fingerprint density at radius 2 is 1.62 bits per heavy atom. The van der Waals surface area contributed by atoms with Gasteiger partial charge in [0.25, 0.3) is 5.91 Å². The molecule has 29 heavy (non-hydrogen) atoms. The van der Waals surface area contributed by atoms with Crippen molar-refractivity contribution in [2.75, 3.05) is 18.5 Å². The van der Waals surface area contributed by atoms with E-state index in [9.17, 15) is 19.2 Å². The van der Waals surface area contributed by atoms with E-state index in [0.29, 0.717) is 17.5 Å². The zero-order chi connectivity index (χ0) is 20.7. The van der Waals surface area contributed by atoms with E-state index >= 15 is 0 Å². The number of hydrogen-bond acceptors (Lipinski definition) is 5. The highest BCUT2D eigenvalue weighted by molar-refractivity contribution is 6.06. The van der Waals surface area contributed by atoms with Crippen LogP contribution in [-0.4, -0.2) is 41.7 Å². The molecule has 4 rings (SSSR count). The molecule has 3 fully saturated rings. The molecular weight excluding hydrogens is 372 g/mol. The van der Waals surface area contributed by atoms with Gasteiger partial charge in [-0.25, -0.2) is 0 Å². The SMILES string of the molecule is Cc1cc(C)cc(NC(=O)COC(=O)CCN2C(=O)[C@@H]3[C@H]4CC[C@@H](C4)[C@@H]3C2=O)c1. The molecule has 154 valence electrons. The number of nitrogens with one attached hydrogen (secondary N) is 1. The average Bonchev–Trinajstić information content (AvgIpc) is 3.32. The highest BCUT2D eigenvalue weighted by atomic mass is 16.5. The van der Waals surface area contributed by atoms with Gasteiger partial charge in [-0.1, -0.05) is 6.07 Å². The van der Waals surface area contributed by atoms with Crippen molar-refractivity contribution in [2.24, 2.45) is 23.7 Å². The lowest BCUT2D eigenvalue weighted by Crippen LogP contribution is -2.35. The summed E-state index contributed by atoms with van der Waals surface area (Å²) in [5, 5.41) is 2.70. The molecule has 0 aromatic heterocycles. The fraction of sp³-hybridized carbons (Fsp3) is 0.545. The predicted octanol–water partition coefficient (Wildman–Crippen LogP) is 2.21. The van der Waals surface area contributed by atoms with Crippen molar-refractivity contribution in [1.29, 1.82) is 0 Å². The molecule has 3 amide bonds. The normalized spacial score (nSPS) is 27.3. The quantitative estimate of drug-likeness (QED) is 0.586. The van der Waals surface area contributed by atoms with Crippen molar-refractivity contribution in [3.8, 4) is 0 Å². The molecule has 3 aliphatic rings. The molecule has 0 radical (unpaired) electrons. The van der Waals surface area contributed by atoms with Gasteiger partial charge in [-0.05, 0) is 68.2 Å². The molecular formula is C22H26N2O5. The summed E-state index contributed by atoms with van der Waals surface area (Å²) in [6.45, 7) is 3.50. The van der Waals surface area contributed by atoms with Crippen LogP contribution in [-0.2, 0) is 23.9 Å². The molecule has 1 aromatic rings. The Balaban J connectivity index is 1.24. The second kappa shape index (κ2) is 7.61. The molecule has 1 saturated heterocycles. The lowest BCUT2D eigenvalue weighted by Gasteiger charge is -2.19. The fourth-order valence-corrected chi connectivity index (χ4v) is 5.36. The third kappa shape index (κ3) is 3.78. The van der Waals surface area contributed by atoms with E-state index in [1.165, 1.54) is 4.90 Å². The van der Waals surface area contributed by atoms with Crippen LogP contribution in [0.1, 0.15) is 36.8 Å². The Morgan fingerprint density at radius 3 is 2.21 bits per heavy atom. The van der Waals surface area contributed by atoms with E-state index in [1.807, 2.05) is 32.0 Å². The van der Waals surface area contributed by atoms with Gasteiger partial charge in [-0.15, -0.1) is 0 Å². The highest BCUT2D eigenvalue weighted by Crippen LogP contribution is 2.56. The van der Waals surface area contributed by atoms with Crippen LogP contribution in [0.4, 0.5) is 5.69 Å². The Bertz CT molecular complexity index is 832. The lowest BCUT2D eigenvalue weighted by atomic mass is 9.81. The maximum atomic E-state index is 12.6. The van der Waals surface area contributed by atoms with Gasteiger partial charge in [-0.3, -0.25) is 24.1 Å². The number of carbonyl (C=O) groups is 4. The summed E-state index contributed by atoms with van der Waals surface area (Å²) in [5.41, 5.74) is 2.70. The number of likely N-dealkylation sites (tertiary alicyclic amines) is 1. The maximum Gasteiger partial charge on any atom is 0.308 e. The van der Waals surface area contributed by atoms with Crippen molar-refractivity contribution in [1.82, 2.24) is 4.90 Å². The number of fused-ring (bicyclic) bond motifs is 5. The van der Waals surface area contributed by atoms with Gasteiger partial charge in [0.2, 0.25) is 11.8 Å². The van der Waals surface area contributed by atoms with Crippen LogP contribution in [0.3, 0.4) is 0 Å². The summed E-state index contributed by atoms with van der Waals surface area (Å²) in [6.07, 6.45) is 2.94. The summed E-state index contributed by atoms with van der Waals surface area (Å²) in [6, 6.07) is 5.67. The van der Waals surface area contributed by atoms with Crippen molar-refractivity contribution in [3.63, 3.8) is 0 Å². The molecule has 1 heterocycles. The molecule has 2 saturated carbocycles. The van der Waals surface area contributed by atoms with Crippen LogP contribution in [0.2, 0.25) is 0 Å². The van der Waals surface area contributed by atoms with E-state index < -0.39 is 18.5 Å². The van der Waals surface area contributed by atoms with Gasteiger partial charge in [0, 0.05) is 12.2 Å². The first-order valence-corrected chi connectivity index (χ1v) is 10.2. The predicted molar refractivity (Wildman–Crippen MR) is 105 cm³/mol. The third-order valence-corrected chi connectivity index (χ3v) is 6.43. The van der Waals surface area contributed by atoms with E-state index in [4.69, 9.17) is 4.74 Å². The van der Waals surface area contributed by atoms with Gasteiger partial charge in [0.15, 0.2) is 6.61 Å². The molecule has 0 spiro atoms. The standard InChI is InChI=1S/C22H26N2O5/c1-12-7-13(2)9-16(8-12)23-17(25)11-29-18(26)5-6-24-21(27)19-14-3-4-15(10-14)20(19)22(24)28/h7-9,14-15,19-20H,3-6,10-11H2,1-2H3,(H,23,25)/t14-,15-,19-,20+/m0/s1. The van der Waals surface area contributed by atoms with Crippen LogP contribution >= 0.6 is 0 Å². The first-order valence-electron chi connectivity index (χ1n) is 10.2. The Labute approximate surface area is 169 Å². The van der Waals surface area contributed by atoms with E-state index in [-0.39, 0.29) is 36.6 Å². The van der Waals surface area contributed by atoms with Gasteiger partial charge in [0.05, 0.1) is 18.3 Å². The minimum Gasteiger partial charge on any atom is -0.456 e. The van der Waals surface area contributed by atoms with Crippen LogP contribution in [0, 0.1) is 37.5 Å². The van der Waals surface area contributed by atoms with Crippen molar-refractivity contribution in [2.45, 2.75) is 39.5 Å². The van der Waals surface area contributed by atoms with E-state index in [2.05, 4.69) is 5.32 Å². The number of anilines is 1. The monoisotopic (exact) mass is 398 g/mol. The van der Waals surface area contributed by atoms with Gasteiger partial charge >= 0.3 is 5.97 Å². The number of rotatable bonds is 6. The third-order valence-electron chi connectivity index (χ3n) is 6.43. The Morgan fingerprint density at radius 1 is 1.03 bits per heavy atom. The largest absolute Gasteiger partial charge is 0.456 e. The number of benzene rings is 1. The number of aryl methyl sites for hydroxylation is 2. The van der Waals surface area contributed by atoms with Crippen molar-refractivity contribution < 1.29 is 23.9 Å². The van der Waals surface area contributed by atoms with E-state index in [1.54, 1.807) is 0 Å². The molecule has 2 bridgehead atoms. The van der Waals surface area contributed by atoms with Crippen molar-refractivity contribution >= 4 is 29.4 Å². The Kier molecular flexibility index (Phi) is 5.15. The second-order valence-electron chi connectivity index (χ2n) is 8.55. The zero-order valence-corrected chi connectivity index (χ0v) is 16.8. The van der Waals surface area contributed by atoms with Gasteiger partial charge < -0.3 is 10.1 Å². The number of hydrogen-bond donors (Lipinski definition) is 1. The van der Waals surface area contributed by atoms with Crippen LogP contribution < -0.4 is 5.32 Å². The highest BCUT2D eigenvalue weighted by Gasteiger charge is 2.60. The second-order valence-corrected chi connectivity index (χ2v) is 8.55. The topological polar surface area (TPSA) is 92.8 Å². The number of esters is 1. The fourth-order valence-electron chi connectivity index (χ4n) is 5.36. The summed E-state index contributed by atoms with van der Waals surface area (Å²) in [5.74, 6) is -0.995. The minimum absolute atomic E-state index is 0.0294. The molecule has 1 N–H and O–H groups in total. The summed E-state index contributed by atoms with van der Waals surface area (Å²) >= 11 is 0. The van der Waals surface area contributed by atoms with Crippen LogP contribution in [0.5, 0.6) is 0 Å². The number of carbonyl (C=O) groups excluding carboxylic acids is 4. The summed E-state index contributed by atoms with van der Waals surface area (Å²) < 4.78 is 5.02. The Hall–Kier alpha value is -2.70. The number of amides is 3. The summed E-state index contributed by atoms with van der Waals surface area (Å²) in [7, 11) is 0. The zero-order valence-electron chi connectivity index (χ0n) is 16.8. The molecule has 2 aliphatic carbocycles. The van der Waals surface area contributed by atoms with Crippen LogP contribution in [0.25, 0.3) is 0 Å². The van der Waals surface area contributed by atoms with E-state index in [0.717, 1.165) is 30.4 Å². The number of nitrogens with zero attached hydrogens (tertiary/aromatic N) is 1. The van der Waals surface area contributed by atoms with Crippen LogP contribution in [0.15, 0.2) is 18.2 Å². The number of ether oxygens (including phenoxy) is 1. The van der Waals surface area contributed by atoms with Gasteiger partial charge in [0.1, 0.15) is 0 Å². The maximum absolute atomic E-state index is 12.6. The van der Waals surface area contributed by atoms with Gasteiger partial charge in [-0.2, -0.15) is 0 Å². The summed E-state index contributed by atoms with van der Waals surface area (Å²) in [4.78, 5) is 50.5. The van der Waals surface area contributed by atoms with Crippen molar-refractivity contribution in [3.05, 3.63) is 29.3 Å². The smallest absolute Gasteiger partial charge is 0.308 e. The molecule has 1 aliphatic heterocycles. The molecule has 7 heteroatoms. The first-order chi connectivity index (χ1) is 13.8.